The molecule has 0 spiro atoms. The molecule has 1 saturated carbocycles. The molecule has 1 aliphatic carbocycles. The summed E-state index contributed by atoms with van der Waals surface area (Å²) in [7, 11) is 0. The van der Waals surface area contributed by atoms with Crippen LogP contribution in [-0.4, -0.2) is 46.3 Å². The molecule has 0 bridgehead atoms. The molecule has 2 aliphatic rings. The number of aliphatic hydroxyl groups excluding tert-OH is 1. The minimum absolute atomic E-state index is 0.00876. The summed E-state index contributed by atoms with van der Waals surface area (Å²) in [6.07, 6.45) is 5.86. The van der Waals surface area contributed by atoms with Crippen molar-refractivity contribution < 1.29 is 14.7 Å². The number of nitrogen functional groups attached to an aromatic ring is 1. The number of nitrogens with one attached hydrogen (secondary N) is 2. The van der Waals surface area contributed by atoms with E-state index in [1.54, 1.807) is 17.0 Å². The largest absolute Gasteiger partial charge is 0.387 e. The summed E-state index contributed by atoms with van der Waals surface area (Å²) in [6.45, 7) is 0.317. The minimum atomic E-state index is -0.820. The van der Waals surface area contributed by atoms with Crippen LogP contribution in [0, 0.1) is 11.3 Å². The Morgan fingerprint density at radius 2 is 1.89 bits per heavy atom. The van der Waals surface area contributed by atoms with E-state index in [1.165, 1.54) is 6.42 Å². The molecule has 1 saturated heterocycles. The predicted molar refractivity (Wildman–Crippen MR) is 102 cm³/mol. The van der Waals surface area contributed by atoms with Gasteiger partial charge in [0.2, 0.25) is 11.8 Å². The maximum atomic E-state index is 13.2. The number of carbonyl (C=O) groups is 2. The topological polar surface area (TPSA) is 120 Å². The summed E-state index contributed by atoms with van der Waals surface area (Å²) in [4.78, 5) is 27.0. The monoisotopic (exact) mass is 372 g/mol. The van der Waals surface area contributed by atoms with E-state index >= 15 is 0 Å². The first-order chi connectivity index (χ1) is 13.0. The Morgan fingerprint density at radius 3 is 2.41 bits per heavy atom. The summed E-state index contributed by atoms with van der Waals surface area (Å²) in [6, 6.07) is 7.18. The lowest BCUT2D eigenvalue weighted by molar-refractivity contribution is -0.169. The second kappa shape index (κ2) is 8.08. The average molecular weight is 372 g/mol. The van der Waals surface area contributed by atoms with E-state index in [4.69, 9.17) is 11.1 Å². The normalized spacial score (nSPS) is 22.8. The lowest BCUT2D eigenvalue weighted by atomic mass is 9.67. The Morgan fingerprint density at radius 1 is 1.22 bits per heavy atom. The van der Waals surface area contributed by atoms with Gasteiger partial charge in [-0.1, -0.05) is 43.5 Å². The Kier molecular flexibility index (Phi) is 5.79. The number of hydrogen-bond donors (Lipinski definition) is 4. The fraction of sp³-hybridized carbons (Fsp3) is 0.550. The van der Waals surface area contributed by atoms with Crippen molar-refractivity contribution in [2.45, 2.75) is 50.6 Å². The minimum Gasteiger partial charge on any atom is -0.387 e. The number of aliphatic hydroxyl groups is 1. The number of likely N-dealkylation sites (tertiary alicyclic amines) is 1. The van der Waals surface area contributed by atoms with Crippen LogP contribution in [-0.2, 0) is 16.1 Å². The molecule has 27 heavy (non-hydrogen) atoms. The molecular formula is C20H28N4O3. The number of carbonyl (C=O) groups excluding carboxylic acids is 2. The summed E-state index contributed by atoms with van der Waals surface area (Å²) in [5, 5.41) is 19.7. The Hall–Kier alpha value is -2.41. The highest BCUT2D eigenvalue weighted by molar-refractivity contribution is 5.95. The highest BCUT2D eigenvalue weighted by atomic mass is 16.3. The van der Waals surface area contributed by atoms with Crippen LogP contribution in [0.15, 0.2) is 24.3 Å². The first-order valence-electron chi connectivity index (χ1n) is 9.62. The highest BCUT2D eigenvalue weighted by Crippen LogP contribution is 2.44. The molecule has 1 aromatic carbocycles. The molecule has 2 amide bonds. The van der Waals surface area contributed by atoms with Crippen molar-refractivity contribution in [3.8, 4) is 0 Å². The highest BCUT2D eigenvalue weighted by Gasteiger charge is 2.57. The summed E-state index contributed by atoms with van der Waals surface area (Å²) in [5.74, 6) is -0.337. The average Bonchev–Trinajstić information content (AvgIpc) is 2.67. The second-order valence-corrected chi connectivity index (χ2v) is 7.51. The van der Waals surface area contributed by atoms with E-state index in [-0.39, 0.29) is 23.6 Å². The third-order valence-corrected chi connectivity index (χ3v) is 6.03. The molecule has 0 aromatic heterocycles. The van der Waals surface area contributed by atoms with Crippen molar-refractivity contribution in [1.29, 1.82) is 5.41 Å². The van der Waals surface area contributed by atoms with Gasteiger partial charge in [-0.15, -0.1) is 0 Å². The van der Waals surface area contributed by atoms with Crippen LogP contribution in [0.1, 0.15) is 49.7 Å². The molecule has 146 valence electrons. The van der Waals surface area contributed by atoms with E-state index in [2.05, 4.69) is 5.32 Å². The summed E-state index contributed by atoms with van der Waals surface area (Å²) < 4.78 is 0. The Balaban J connectivity index is 1.73. The number of benzene rings is 1. The molecule has 1 heterocycles. The lowest BCUT2D eigenvalue weighted by Crippen LogP contribution is -2.72. The van der Waals surface area contributed by atoms with Gasteiger partial charge in [-0.2, -0.15) is 0 Å². The smallest absolute Gasteiger partial charge is 0.249 e. The molecule has 7 heteroatoms. The molecule has 7 nitrogen and oxygen atoms in total. The van der Waals surface area contributed by atoms with Crippen LogP contribution in [0.3, 0.4) is 0 Å². The van der Waals surface area contributed by atoms with Crippen molar-refractivity contribution in [3.63, 3.8) is 0 Å². The Bertz CT molecular complexity index is 712. The zero-order valence-corrected chi connectivity index (χ0v) is 15.5. The van der Waals surface area contributed by atoms with Gasteiger partial charge < -0.3 is 21.1 Å². The van der Waals surface area contributed by atoms with Gasteiger partial charge in [-0.05, 0) is 30.7 Å². The van der Waals surface area contributed by atoms with Crippen molar-refractivity contribution in [3.05, 3.63) is 35.4 Å². The summed E-state index contributed by atoms with van der Waals surface area (Å²) >= 11 is 0. The first kappa shape index (κ1) is 19.4. The number of hydrogen-bond acceptors (Lipinski definition) is 4. The van der Waals surface area contributed by atoms with E-state index in [0.717, 1.165) is 31.2 Å². The third kappa shape index (κ3) is 3.69. The number of amidine groups is 1. The van der Waals surface area contributed by atoms with Crippen LogP contribution in [0.2, 0.25) is 0 Å². The van der Waals surface area contributed by atoms with E-state index < -0.39 is 12.1 Å². The number of nitrogens with two attached hydrogens (primary N) is 1. The lowest BCUT2D eigenvalue weighted by Gasteiger charge is -2.56. The van der Waals surface area contributed by atoms with E-state index in [1.807, 2.05) is 12.1 Å². The van der Waals surface area contributed by atoms with Crippen LogP contribution < -0.4 is 11.1 Å². The molecule has 2 fully saturated rings. The fourth-order valence-corrected chi connectivity index (χ4v) is 4.46. The molecular weight excluding hydrogens is 344 g/mol. The van der Waals surface area contributed by atoms with E-state index in [0.29, 0.717) is 25.1 Å². The third-order valence-electron chi connectivity index (χ3n) is 6.03. The van der Waals surface area contributed by atoms with Crippen molar-refractivity contribution in [1.82, 2.24) is 10.2 Å². The quantitative estimate of drug-likeness (QED) is 0.442. The van der Waals surface area contributed by atoms with Gasteiger partial charge in [-0.3, -0.25) is 15.0 Å². The number of amides is 2. The summed E-state index contributed by atoms with van der Waals surface area (Å²) in [5.41, 5.74) is 6.19. The molecule has 1 aromatic rings. The maximum Gasteiger partial charge on any atom is 0.249 e. The standard InChI is InChI=1S/C20H28N4O3/c21-18(22)15-8-6-14(7-9-15)12-23-19(27)20(16-4-2-1-3-5-16)10-11-24(20)17(26)13-25/h6-9,16,25H,1-5,10-13H2,(H3,21,22)(H,23,27). The predicted octanol–water partition coefficient (Wildman–Crippen LogP) is 1.13. The van der Waals surface area contributed by atoms with Gasteiger partial charge in [0.1, 0.15) is 18.0 Å². The maximum absolute atomic E-state index is 13.2. The van der Waals surface area contributed by atoms with Gasteiger partial charge in [0.15, 0.2) is 0 Å². The molecule has 1 aliphatic heterocycles. The van der Waals surface area contributed by atoms with Crippen molar-refractivity contribution in [2.24, 2.45) is 11.7 Å². The van der Waals surface area contributed by atoms with Gasteiger partial charge in [0.25, 0.3) is 0 Å². The molecule has 1 atom stereocenters. The van der Waals surface area contributed by atoms with Gasteiger partial charge in [0, 0.05) is 18.7 Å². The fourth-order valence-electron chi connectivity index (χ4n) is 4.46. The number of nitrogens with zero attached hydrogens (tertiary/aromatic N) is 1. The zero-order chi connectivity index (χ0) is 19.4. The SMILES string of the molecule is N=C(N)c1ccc(CNC(=O)C2(C3CCCCC3)CCN2C(=O)CO)cc1. The van der Waals surface area contributed by atoms with Crippen LogP contribution in [0.4, 0.5) is 0 Å². The zero-order valence-electron chi connectivity index (χ0n) is 15.5. The number of rotatable bonds is 6. The van der Waals surface area contributed by atoms with Gasteiger partial charge >= 0.3 is 0 Å². The van der Waals surface area contributed by atoms with Crippen LogP contribution in [0.25, 0.3) is 0 Å². The second-order valence-electron chi connectivity index (χ2n) is 7.51. The molecule has 0 radical (unpaired) electrons. The molecule has 5 N–H and O–H groups in total. The van der Waals surface area contributed by atoms with Crippen LogP contribution in [0.5, 0.6) is 0 Å². The first-order valence-corrected chi connectivity index (χ1v) is 9.62. The Labute approximate surface area is 159 Å². The molecule has 1 unspecified atom stereocenters. The van der Waals surface area contributed by atoms with Gasteiger partial charge in [-0.25, -0.2) is 0 Å². The van der Waals surface area contributed by atoms with Crippen molar-refractivity contribution >= 4 is 17.6 Å². The van der Waals surface area contributed by atoms with Crippen molar-refractivity contribution in [2.75, 3.05) is 13.2 Å². The van der Waals surface area contributed by atoms with Gasteiger partial charge in [0.05, 0.1) is 0 Å². The van der Waals surface area contributed by atoms with E-state index in [9.17, 15) is 14.7 Å². The van der Waals surface area contributed by atoms with Crippen LogP contribution >= 0.6 is 0 Å². The molecule has 3 rings (SSSR count).